The molecule has 1 aromatic rings. The molecule has 102 valence electrons. The Bertz CT molecular complexity index is 524. The van der Waals surface area contributed by atoms with E-state index in [9.17, 15) is 8.42 Å². The minimum atomic E-state index is -3.31. The smallest absolute Gasteiger partial charge is 0.185 e. The molecule has 5 nitrogen and oxygen atoms in total. The van der Waals surface area contributed by atoms with Gasteiger partial charge in [0.15, 0.2) is 15.7 Å². The molecule has 2 unspecified atom stereocenters. The van der Waals surface area contributed by atoms with Crippen molar-refractivity contribution in [3.63, 3.8) is 0 Å². The fourth-order valence-corrected chi connectivity index (χ4v) is 4.61. The number of nitrogen functional groups attached to an aromatic ring is 1. The summed E-state index contributed by atoms with van der Waals surface area (Å²) in [6.45, 7) is 4.84. The summed E-state index contributed by atoms with van der Waals surface area (Å²) in [7, 11) is -3.31. The van der Waals surface area contributed by atoms with Crippen LogP contribution in [0.4, 0.5) is 10.8 Å². The molecule has 0 amide bonds. The second kappa shape index (κ2) is 5.05. The van der Waals surface area contributed by atoms with Crippen molar-refractivity contribution < 1.29 is 8.42 Å². The van der Waals surface area contributed by atoms with E-state index in [-0.39, 0.29) is 16.5 Å². The van der Waals surface area contributed by atoms with Gasteiger partial charge in [-0.3, -0.25) is 0 Å². The van der Waals surface area contributed by atoms with Gasteiger partial charge in [0.05, 0.1) is 5.75 Å². The largest absolute Gasteiger partial charge is 0.382 e. The number of hydrogen-bond acceptors (Lipinski definition) is 6. The van der Waals surface area contributed by atoms with Crippen LogP contribution in [-0.2, 0) is 9.84 Å². The first-order chi connectivity index (χ1) is 8.45. The summed E-state index contributed by atoms with van der Waals surface area (Å²) in [4.78, 5) is 0.197. The van der Waals surface area contributed by atoms with Crippen molar-refractivity contribution in [1.29, 1.82) is 0 Å². The lowest BCUT2D eigenvalue weighted by atomic mass is 10.3. The molecule has 1 aromatic heterocycles. The van der Waals surface area contributed by atoms with Crippen molar-refractivity contribution in [2.75, 3.05) is 23.3 Å². The van der Waals surface area contributed by atoms with Gasteiger partial charge in [-0.1, -0.05) is 13.8 Å². The van der Waals surface area contributed by atoms with E-state index in [0.29, 0.717) is 17.3 Å². The van der Waals surface area contributed by atoms with Crippen LogP contribution in [0.3, 0.4) is 0 Å². The van der Waals surface area contributed by atoms with E-state index in [1.165, 1.54) is 6.42 Å². The fourth-order valence-electron chi connectivity index (χ4n) is 1.99. The van der Waals surface area contributed by atoms with E-state index >= 15 is 0 Å². The molecule has 0 bridgehead atoms. The molecule has 18 heavy (non-hydrogen) atoms. The second-order valence-electron chi connectivity index (χ2n) is 4.90. The lowest BCUT2D eigenvalue weighted by Gasteiger charge is -2.07. The van der Waals surface area contributed by atoms with E-state index in [2.05, 4.69) is 16.6 Å². The summed E-state index contributed by atoms with van der Waals surface area (Å²) in [6.07, 6.45) is 1.79. The van der Waals surface area contributed by atoms with Crippen LogP contribution in [0.25, 0.3) is 0 Å². The average Bonchev–Trinajstić information content (AvgIpc) is 2.83. The lowest BCUT2D eigenvalue weighted by Crippen LogP contribution is -2.11. The third kappa shape index (κ3) is 2.77. The third-order valence-electron chi connectivity index (χ3n) is 3.26. The first kappa shape index (κ1) is 13.6. The van der Waals surface area contributed by atoms with Gasteiger partial charge >= 0.3 is 0 Å². The van der Waals surface area contributed by atoms with Crippen molar-refractivity contribution in [2.24, 2.45) is 11.8 Å². The van der Waals surface area contributed by atoms with Crippen LogP contribution >= 0.6 is 11.5 Å². The number of nitrogens with one attached hydrogen (secondary N) is 1. The van der Waals surface area contributed by atoms with Gasteiger partial charge in [-0.05, 0) is 36.2 Å². The normalized spacial score (nSPS) is 23.0. The zero-order valence-corrected chi connectivity index (χ0v) is 12.3. The molecule has 0 aromatic carbocycles. The number of hydrogen-bond donors (Lipinski definition) is 2. The topological polar surface area (TPSA) is 85.1 Å². The summed E-state index contributed by atoms with van der Waals surface area (Å²) < 4.78 is 28.2. The number of rotatable bonds is 6. The second-order valence-corrected chi connectivity index (χ2v) is 7.72. The zero-order valence-electron chi connectivity index (χ0n) is 10.6. The Labute approximate surface area is 112 Å². The van der Waals surface area contributed by atoms with Crippen molar-refractivity contribution in [3.8, 4) is 0 Å². The monoisotopic (exact) mass is 289 g/mol. The highest BCUT2D eigenvalue weighted by molar-refractivity contribution is 7.91. The summed E-state index contributed by atoms with van der Waals surface area (Å²) in [5, 5.41) is 3.79. The SMILES string of the molecule is CCCS(=O)(=O)c1c(N)nsc1NCC1CC1C. The molecular weight excluding hydrogens is 270 g/mol. The Morgan fingerprint density at radius 2 is 2.22 bits per heavy atom. The predicted molar refractivity (Wildman–Crippen MR) is 74.6 cm³/mol. The van der Waals surface area contributed by atoms with E-state index < -0.39 is 9.84 Å². The maximum Gasteiger partial charge on any atom is 0.185 e. The third-order valence-corrected chi connectivity index (χ3v) is 6.19. The van der Waals surface area contributed by atoms with Crippen LogP contribution in [-0.4, -0.2) is 25.1 Å². The summed E-state index contributed by atoms with van der Waals surface area (Å²) in [5.74, 6) is 1.62. The van der Waals surface area contributed by atoms with Crippen LogP contribution in [0.5, 0.6) is 0 Å². The van der Waals surface area contributed by atoms with Crippen molar-refractivity contribution in [2.45, 2.75) is 31.6 Å². The summed E-state index contributed by atoms with van der Waals surface area (Å²) >= 11 is 1.13. The Kier molecular flexibility index (Phi) is 3.82. The molecule has 1 aliphatic rings. The standard InChI is InChI=1S/C11H19N3O2S2/c1-3-4-18(15,16)9-10(12)14-17-11(9)13-6-8-5-7(8)2/h7-8,13H,3-6H2,1-2H3,(H2,12,14). The van der Waals surface area contributed by atoms with Gasteiger partial charge in [-0.25, -0.2) is 8.42 Å². The molecule has 0 spiro atoms. The molecule has 7 heteroatoms. The number of anilines is 2. The van der Waals surface area contributed by atoms with E-state index in [0.717, 1.165) is 24.0 Å². The van der Waals surface area contributed by atoms with Crippen molar-refractivity contribution in [3.05, 3.63) is 0 Å². The average molecular weight is 289 g/mol. The van der Waals surface area contributed by atoms with E-state index in [1.807, 2.05) is 6.92 Å². The summed E-state index contributed by atoms with van der Waals surface area (Å²) in [5.41, 5.74) is 5.69. The van der Waals surface area contributed by atoms with Gasteiger partial charge in [0, 0.05) is 6.54 Å². The molecule has 1 aliphatic carbocycles. The van der Waals surface area contributed by atoms with Gasteiger partial charge in [0.25, 0.3) is 0 Å². The highest BCUT2D eigenvalue weighted by Gasteiger charge is 2.33. The quantitative estimate of drug-likeness (QED) is 0.836. The van der Waals surface area contributed by atoms with Crippen LogP contribution in [0.1, 0.15) is 26.7 Å². The van der Waals surface area contributed by atoms with Crippen LogP contribution in [0.15, 0.2) is 4.90 Å². The van der Waals surface area contributed by atoms with Gasteiger partial charge < -0.3 is 11.1 Å². The number of aromatic nitrogens is 1. The highest BCUT2D eigenvalue weighted by Crippen LogP contribution is 2.39. The van der Waals surface area contributed by atoms with Crippen molar-refractivity contribution in [1.82, 2.24) is 4.37 Å². The Hall–Kier alpha value is -0.820. The molecule has 1 saturated carbocycles. The van der Waals surface area contributed by atoms with Gasteiger partial charge in [0.2, 0.25) is 0 Å². The first-order valence-corrected chi connectivity index (χ1v) is 8.60. The van der Waals surface area contributed by atoms with Gasteiger partial charge in [-0.2, -0.15) is 4.37 Å². The molecule has 0 radical (unpaired) electrons. The number of nitrogens with zero attached hydrogens (tertiary/aromatic N) is 1. The van der Waals surface area contributed by atoms with Crippen LogP contribution in [0.2, 0.25) is 0 Å². The lowest BCUT2D eigenvalue weighted by molar-refractivity contribution is 0.595. The van der Waals surface area contributed by atoms with Crippen molar-refractivity contribution >= 4 is 32.2 Å². The molecule has 0 aliphatic heterocycles. The fraction of sp³-hybridized carbons (Fsp3) is 0.727. The molecule has 1 heterocycles. The van der Waals surface area contributed by atoms with Gasteiger partial charge in [-0.15, -0.1) is 0 Å². The Morgan fingerprint density at radius 3 is 2.78 bits per heavy atom. The Morgan fingerprint density at radius 1 is 1.56 bits per heavy atom. The van der Waals surface area contributed by atoms with E-state index in [1.54, 1.807) is 0 Å². The molecule has 0 saturated heterocycles. The molecule has 2 atom stereocenters. The van der Waals surface area contributed by atoms with Crippen LogP contribution < -0.4 is 11.1 Å². The maximum absolute atomic E-state index is 12.1. The maximum atomic E-state index is 12.1. The van der Waals surface area contributed by atoms with Gasteiger partial charge in [0.1, 0.15) is 9.90 Å². The molecule has 3 N–H and O–H groups in total. The minimum absolute atomic E-state index is 0.115. The van der Waals surface area contributed by atoms with Crippen LogP contribution in [0, 0.1) is 11.8 Å². The molecular formula is C11H19N3O2S2. The number of sulfone groups is 1. The minimum Gasteiger partial charge on any atom is -0.382 e. The molecule has 2 rings (SSSR count). The molecule has 1 fully saturated rings. The Balaban J connectivity index is 2.16. The zero-order chi connectivity index (χ0) is 13.3. The number of nitrogens with two attached hydrogens (primary N) is 1. The predicted octanol–water partition coefficient (Wildman–Crippen LogP) is 1.98. The first-order valence-electron chi connectivity index (χ1n) is 6.17. The van der Waals surface area contributed by atoms with E-state index in [4.69, 9.17) is 5.73 Å². The summed E-state index contributed by atoms with van der Waals surface area (Å²) in [6, 6.07) is 0. The highest BCUT2D eigenvalue weighted by atomic mass is 32.2.